The first-order chi connectivity index (χ1) is 11.6. The van der Waals surface area contributed by atoms with Crippen LogP contribution in [0.5, 0.6) is 0 Å². The lowest BCUT2D eigenvalue weighted by Crippen LogP contribution is -2.26. The number of carbonyl (C=O) groups excluding carboxylic acids is 1. The minimum atomic E-state index is -0.781. The van der Waals surface area contributed by atoms with Crippen LogP contribution in [0.4, 0.5) is 0 Å². The number of unbranched alkanes of at least 4 members (excludes halogenated alkanes) is 2. The molecule has 0 bridgehead atoms. The zero-order chi connectivity index (χ0) is 17.4. The second-order valence-corrected chi connectivity index (χ2v) is 6.62. The van der Waals surface area contributed by atoms with Crippen molar-refractivity contribution in [3.8, 4) is 10.6 Å². The Labute approximate surface area is 149 Å². The molecule has 0 unspecified atom stereocenters. The third kappa shape index (κ3) is 5.94. The molecule has 1 heterocycles. The molecule has 0 aliphatic heterocycles. The van der Waals surface area contributed by atoms with E-state index < -0.39 is 5.97 Å². The van der Waals surface area contributed by atoms with Crippen LogP contribution in [0.3, 0.4) is 0 Å². The SMILES string of the molecule is O=C(O)CCCCCNC(=O)Cc1csc(-c2ccccc2Cl)n1. The summed E-state index contributed by atoms with van der Waals surface area (Å²) in [6.07, 6.45) is 2.62. The first-order valence-corrected chi connectivity index (χ1v) is 9.00. The van der Waals surface area contributed by atoms with Crippen molar-refractivity contribution in [2.45, 2.75) is 32.1 Å². The molecule has 0 atom stereocenters. The third-order valence-corrected chi connectivity index (χ3v) is 4.64. The van der Waals surface area contributed by atoms with Gasteiger partial charge in [-0.15, -0.1) is 11.3 Å². The first kappa shape index (κ1) is 18.4. The molecule has 0 aliphatic carbocycles. The van der Waals surface area contributed by atoms with Crippen LogP contribution in [0.1, 0.15) is 31.4 Å². The van der Waals surface area contributed by atoms with Crippen molar-refractivity contribution < 1.29 is 14.7 Å². The molecule has 0 saturated heterocycles. The molecule has 0 fully saturated rings. The van der Waals surface area contributed by atoms with Gasteiger partial charge in [0.25, 0.3) is 0 Å². The van der Waals surface area contributed by atoms with E-state index in [1.807, 2.05) is 29.6 Å². The highest BCUT2D eigenvalue weighted by atomic mass is 35.5. The fourth-order valence-corrected chi connectivity index (χ4v) is 3.32. The number of amides is 1. The molecule has 1 amide bonds. The van der Waals surface area contributed by atoms with Crippen molar-refractivity contribution >= 4 is 34.8 Å². The summed E-state index contributed by atoms with van der Waals surface area (Å²) in [5, 5.41) is 14.7. The number of carboxylic acid groups (broad SMARTS) is 1. The monoisotopic (exact) mass is 366 g/mol. The predicted molar refractivity (Wildman–Crippen MR) is 95.4 cm³/mol. The number of nitrogens with zero attached hydrogens (tertiary/aromatic N) is 1. The number of nitrogens with one attached hydrogen (secondary N) is 1. The summed E-state index contributed by atoms with van der Waals surface area (Å²) in [6.45, 7) is 0.556. The highest BCUT2D eigenvalue weighted by molar-refractivity contribution is 7.13. The van der Waals surface area contributed by atoms with Crippen LogP contribution in [0.2, 0.25) is 5.02 Å². The quantitative estimate of drug-likeness (QED) is 0.662. The number of aliphatic carboxylic acids is 1. The van der Waals surface area contributed by atoms with Gasteiger partial charge >= 0.3 is 5.97 Å². The lowest BCUT2D eigenvalue weighted by molar-refractivity contribution is -0.137. The number of aromatic nitrogens is 1. The molecular formula is C17H19ClN2O3S. The van der Waals surface area contributed by atoms with Crippen molar-refractivity contribution in [2.75, 3.05) is 6.54 Å². The summed E-state index contributed by atoms with van der Waals surface area (Å²) >= 11 is 7.62. The Morgan fingerprint density at radius 2 is 2.00 bits per heavy atom. The van der Waals surface area contributed by atoms with Crippen LogP contribution in [-0.4, -0.2) is 28.5 Å². The molecule has 2 N–H and O–H groups in total. The summed E-state index contributed by atoms with van der Waals surface area (Å²) in [5.41, 5.74) is 1.59. The van der Waals surface area contributed by atoms with E-state index in [9.17, 15) is 9.59 Å². The second kappa shape index (κ2) is 9.39. The van der Waals surface area contributed by atoms with Crippen LogP contribution < -0.4 is 5.32 Å². The van der Waals surface area contributed by atoms with E-state index in [1.54, 1.807) is 0 Å². The van der Waals surface area contributed by atoms with Crippen molar-refractivity contribution in [3.63, 3.8) is 0 Å². The number of thiazole rings is 1. The summed E-state index contributed by atoms with van der Waals surface area (Å²) in [6, 6.07) is 7.49. The molecule has 5 nitrogen and oxygen atoms in total. The average molecular weight is 367 g/mol. The third-order valence-electron chi connectivity index (χ3n) is 3.39. The van der Waals surface area contributed by atoms with Gasteiger partial charge in [0.2, 0.25) is 5.91 Å². The van der Waals surface area contributed by atoms with Gasteiger partial charge in [-0.25, -0.2) is 4.98 Å². The predicted octanol–water partition coefficient (Wildman–Crippen LogP) is 3.77. The smallest absolute Gasteiger partial charge is 0.303 e. The number of hydrogen-bond acceptors (Lipinski definition) is 4. The van der Waals surface area contributed by atoms with Crippen LogP contribution in [0.15, 0.2) is 29.6 Å². The van der Waals surface area contributed by atoms with Crippen LogP contribution in [0.25, 0.3) is 10.6 Å². The number of benzene rings is 1. The number of carboxylic acids is 1. The van der Waals surface area contributed by atoms with E-state index in [0.29, 0.717) is 18.0 Å². The van der Waals surface area contributed by atoms with E-state index in [2.05, 4.69) is 10.3 Å². The Bertz CT molecular complexity index is 703. The zero-order valence-electron chi connectivity index (χ0n) is 13.1. The summed E-state index contributed by atoms with van der Waals surface area (Å²) in [7, 11) is 0. The maximum absolute atomic E-state index is 11.9. The van der Waals surface area contributed by atoms with Gasteiger partial charge in [-0.3, -0.25) is 9.59 Å². The van der Waals surface area contributed by atoms with Crippen molar-refractivity contribution in [3.05, 3.63) is 40.4 Å². The molecule has 0 aliphatic rings. The number of carbonyl (C=O) groups is 2. The van der Waals surface area contributed by atoms with Crippen LogP contribution >= 0.6 is 22.9 Å². The molecule has 2 aromatic rings. The van der Waals surface area contributed by atoms with Gasteiger partial charge in [0, 0.05) is 23.9 Å². The highest BCUT2D eigenvalue weighted by Crippen LogP contribution is 2.30. The summed E-state index contributed by atoms with van der Waals surface area (Å²) in [5.74, 6) is -0.860. The Balaban J connectivity index is 1.75. The standard InChI is InChI=1S/C17H19ClN2O3S/c18-14-7-4-3-6-13(14)17-20-12(11-24-17)10-15(21)19-9-5-1-2-8-16(22)23/h3-4,6-7,11H,1-2,5,8-10H2,(H,19,21)(H,22,23). The van der Waals surface area contributed by atoms with E-state index in [-0.39, 0.29) is 18.7 Å². The van der Waals surface area contributed by atoms with E-state index >= 15 is 0 Å². The van der Waals surface area contributed by atoms with Crippen molar-refractivity contribution in [1.82, 2.24) is 10.3 Å². The summed E-state index contributed by atoms with van der Waals surface area (Å²) in [4.78, 5) is 26.8. The van der Waals surface area contributed by atoms with Gasteiger partial charge in [0.15, 0.2) is 0 Å². The molecule has 1 aromatic heterocycles. The molecule has 128 valence electrons. The fourth-order valence-electron chi connectivity index (χ4n) is 2.18. The summed E-state index contributed by atoms with van der Waals surface area (Å²) < 4.78 is 0. The Hall–Kier alpha value is -1.92. The molecule has 1 aromatic carbocycles. The number of hydrogen-bond donors (Lipinski definition) is 2. The van der Waals surface area contributed by atoms with Crippen LogP contribution in [-0.2, 0) is 16.0 Å². The highest BCUT2D eigenvalue weighted by Gasteiger charge is 2.10. The van der Waals surface area contributed by atoms with Crippen molar-refractivity contribution in [1.29, 1.82) is 0 Å². The van der Waals surface area contributed by atoms with Gasteiger partial charge in [0.1, 0.15) is 5.01 Å². The maximum atomic E-state index is 11.9. The van der Waals surface area contributed by atoms with E-state index in [4.69, 9.17) is 16.7 Å². The number of rotatable bonds is 9. The minimum absolute atomic E-state index is 0.0794. The van der Waals surface area contributed by atoms with Crippen molar-refractivity contribution in [2.24, 2.45) is 0 Å². The van der Waals surface area contributed by atoms with Gasteiger partial charge in [-0.2, -0.15) is 0 Å². The second-order valence-electron chi connectivity index (χ2n) is 5.35. The maximum Gasteiger partial charge on any atom is 0.303 e. The lowest BCUT2D eigenvalue weighted by atomic mass is 10.2. The number of halogens is 1. The molecule has 0 radical (unpaired) electrons. The normalized spacial score (nSPS) is 10.5. The van der Waals surface area contributed by atoms with Gasteiger partial charge in [-0.05, 0) is 18.9 Å². The lowest BCUT2D eigenvalue weighted by Gasteiger charge is -2.03. The van der Waals surface area contributed by atoms with Gasteiger partial charge < -0.3 is 10.4 Å². The molecule has 2 rings (SSSR count). The average Bonchev–Trinajstić information content (AvgIpc) is 2.99. The minimum Gasteiger partial charge on any atom is -0.481 e. The first-order valence-electron chi connectivity index (χ1n) is 7.74. The Kier molecular flexibility index (Phi) is 7.21. The Morgan fingerprint density at radius 1 is 1.21 bits per heavy atom. The fraction of sp³-hybridized carbons (Fsp3) is 0.353. The molecule has 0 saturated carbocycles. The van der Waals surface area contributed by atoms with E-state index in [1.165, 1.54) is 11.3 Å². The zero-order valence-corrected chi connectivity index (χ0v) is 14.7. The topological polar surface area (TPSA) is 79.3 Å². The largest absolute Gasteiger partial charge is 0.481 e. The van der Waals surface area contributed by atoms with Gasteiger partial charge in [0.05, 0.1) is 17.1 Å². The molecule has 7 heteroatoms. The molecular weight excluding hydrogens is 348 g/mol. The molecule has 0 spiro atoms. The van der Waals surface area contributed by atoms with Gasteiger partial charge in [-0.1, -0.05) is 36.2 Å². The van der Waals surface area contributed by atoms with Crippen LogP contribution in [0, 0.1) is 0 Å². The Morgan fingerprint density at radius 3 is 2.75 bits per heavy atom. The van der Waals surface area contributed by atoms with E-state index in [0.717, 1.165) is 29.1 Å². The molecule has 24 heavy (non-hydrogen) atoms.